The second-order valence-corrected chi connectivity index (χ2v) is 5.97. The summed E-state index contributed by atoms with van der Waals surface area (Å²) in [6, 6.07) is 0. The maximum atomic E-state index is 3.48. The van der Waals surface area contributed by atoms with Crippen molar-refractivity contribution < 1.29 is 0 Å². The van der Waals surface area contributed by atoms with Crippen LogP contribution in [0.2, 0.25) is 0 Å². The summed E-state index contributed by atoms with van der Waals surface area (Å²) in [7, 11) is 2.25. The number of piperidine rings is 1. The molecule has 1 saturated heterocycles. The van der Waals surface area contributed by atoms with Gasteiger partial charge >= 0.3 is 0 Å². The summed E-state index contributed by atoms with van der Waals surface area (Å²) in [5.41, 5.74) is 0.427. The Balaban J connectivity index is 0.00000196. The van der Waals surface area contributed by atoms with Crippen molar-refractivity contribution in [3.05, 3.63) is 0 Å². The van der Waals surface area contributed by atoms with E-state index in [1.807, 2.05) is 0 Å². The monoisotopic (exact) mass is 234 g/mol. The minimum Gasteiger partial charge on any atom is -0.316 e. The van der Waals surface area contributed by atoms with Gasteiger partial charge in [0.25, 0.3) is 0 Å². The van der Waals surface area contributed by atoms with Crippen LogP contribution in [0.5, 0.6) is 0 Å². The smallest absolute Gasteiger partial charge is 0.00271 e. The topological polar surface area (TPSA) is 15.3 Å². The largest absolute Gasteiger partial charge is 0.316 e. The van der Waals surface area contributed by atoms with Gasteiger partial charge in [0, 0.05) is 13.1 Å². The molecule has 0 amide bonds. The molecule has 1 atom stereocenters. The molecule has 0 aromatic rings. The van der Waals surface area contributed by atoms with Gasteiger partial charge in [-0.05, 0) is 44.3 Å². The van der Waals surface area contributed by atoms with Crippen molar-refractivity contribution in [2.45, 2.75) is 33.6 Å². The Morgan fingerprint density at radius 3 is 2.47 bits per heavy atom. The summed E-state index contributed by atoms with van der Waals surface area (Å²) >= 11 is 0. The van der Waals surface area contributed by atoms with Crippen LogP contribution >= 0.6 is 12.4 Å². The highest BCUT2D eigenvalue weighted by atomic mass is 35.5. The van der Waals surface area contributed by atoms with Crippen molar-refractivity contribution in [3.63, 3.8) is 0 Å². The average Bonchev–Trinajstić information content (AvgIpc) is 2.02. The molecule has 1 heterocycles. The second-order valence-electron chi connectivity index (χ2n) is 5.97. The first kappa shape index (κ1) is 15.2. The van der Waals surface area contributed by atoms with E-state index < -0.39 is 0 Å². The quantitative estimate of drug-likeness (QED) is 0.807. The average molecular weight is 235 g/mol. The van der Waals surface area contributed by atoms with Crippen molar-refractivity contribution in [3.8, 4) is 0 Å². The molecule has 3 heteroatoms. The van der Waals surface area contributed by atoms with Crippen LogP contribution in [0.1, 0.15) is 33.6 Å². The van der Waals surface area contributed by atoms with Crippen molar-refractivity contribution in [1.29, 1.82) is 0 Å². The van der Waals surface area contributed by atoms with Gasteiger partial charge < -0.3 is 10.2 Å². The number of nitrogens with one attached hydrogen (secondary N) is 1. The van der Waals surface area contributed by atoms with Crippen molar-refractivity contribution in [1.82, 2.24) is 10.2 Å². The molecule has 1 fully saturated rings. The number of halogens is 1. The Morgan fingerprint density at radius 2 is 2.00 bits per heavy atom. The van der Waals surface area contributed by atoms with Gasteiger partial charge in [-0.2, -0.15) is 0 Å². The van der Waals surface area contributed by atoms with E-state index in [1.165, 1.54) is 39.0 Å². The highest BCUT2D eigenvalue weighted by Crippen LogP contribution is 2.17. The zero-order valence-electron chi connectivity index (χ0n) is 10.7. The first-order valence-corrected chi connectivity index (χ1v) is 5.87. The maximum Gasteiger partial charge on any atom is 0.00271 e. The fourth-order valence-corrected chi connectivity index (χ4v) is 2.39. The Bertz CT molecular complexity index is 159. The molecule has 15 heavy (non-hydrogen) atoms. The second kappa shape index (κ2) is 6.72. The molecular weight excluding hydrogens is 208 g/mol. The van der Waals surface area contributed by atoms with Gasteiger partial charge in [-0.25, -0.2) is 0 Å². The van der Waals surface area contributed by atoms with Crippen LogP contribution < -0.4 is 5.32 Å². The lowest BCUT2D eigenvalue weighted by Gasteiger charge is -2.31. The van der Waals surface area contributed by atoms with Gasteiger partial charge in [0.15, 0.2) is 0 Å². The van der Waals surface area contributed by atoms with E-state index in [0.29, 0.717) is 5.41 Å². The third kappa shape index (κ3) is 7.15. The van der Waals surface area contributed by atoms with Crippen molar-refractivity contribution >= 4 is 12.4 Å². The van der Waals surface area contributed by atoms with Crippen molar-refractivity contribution in [2.75, 3.05) is 33.2 Å². The Hall–Kier alpha value is 0.210. The summed E-state index contributed by atoms with van der Waals surface area (Å²) < 4.78 is 0. The molecule has 1 N–H and O–H groups in total. The van der Waals surface area contributed by atoms with E-state index in [2.05, 4.69) is 38.0 Å². The van der Waals surface area contributed by atoms with Crippen LogP contribution in [-0.2, 0) is 0 Å². The van der Waals surface area contributed by atoms with E-state index in [4.69, 9.17) is 0 Å². The molecule has 0 bridgehead atoms. The van der Waals surface area contributed by atoms with Gasteiger partial charge in [-0.15, -0.1) is 12.4 Å². The van der Waals surface area contributed by atoms with Crippen LogP contribution in [0, 0.1) is 11.3 Å². The molecule has 0 aromatic heterocycles. The number of hydrogen-bond donors (Lipinski definition) is 1. The van der Waals surface area contributed by atoms with E-state index in [9.17, 15) is 0 Å². The molecular formula is C12H27ClN2. The zero-order chi connectivity index (χ0) is 10.6. The first-order chi connectivity index (χ1) is 6.47. The molecule has 2 nitrogen and oxygen atoms in total. The van der Waals surface area contributed by atoms with Crippen LogP contribution in [0.4, 0.5) is 0 Å². The highest BCUT2D eigenvalue weighted by molar-refractivity contribution is 5.85. The van der Waals surface area contributed by atoms with Crippen molar-refractivity contribution in [2.24, 2.45) is 11.3 Å². The minimum atomic E-state index is 0. The molecule has 0 aliphatic carbocycles. The lowest BCUT2D eigenvalue weighted by atomic mass is 9.94. The highest BCUT2D eigenvalue weighted by Gasteiger charge is 2.18. The molecule has 0 radical (unpaired) electrons. The molecule has 92 valence electrons. The summed E-state index contributed by atoms with van der Waals surface area (Å²) in [5, 5.41) is 3.48. The SMILES string of the molecule is CN(CC1CCCNC1)CC(C)(C)C.Cl. The third-order valence-electron chi connectivity index (χ3n) is 2.71. The molecule has 1 aliphatic rings. The van der Waals surface area contributed by atoms with Crippen LogP contribution in [-0.4, -0.2) is 38.1 Å². The molecule has 1 unspecified atom stereocenters. The lowest BCUT2D eigenvalue weighted by Crippen LogP contribution is -2.39. The maximum absolute atomic E-state index is 3.48. The predicted molar refractivity (Wildman–Crippen MR) is 69.8 cm³/mol. The van der Waals surface area contributed by atoms with Gasteiger partial charge in [0.05, 0.1) is 0 Å². The molecule has 1 rings (SSSR count). The Morgan fingerprint density at radius 1 is 1.33 bits per heavy atom. The summed E-state index contributed by atoms with van der Waals surface area (Å²) in [6.07, 6.45) is 2.76. The zero-order valence-corrected chi connectivity index (χ0v) is 11.5. The van der Waals surface area contributed by atoms with Crippen LogP contribution in [0.15, 0.2) is 0 Å². The molecule has 0 spiro atoms. The van der Waals surface area contributed by atoms with Gasteiger partial charge in [0.2, 0.25) is 0 Å². The number of rotatable bonds is 3. The fourth-order valence-electron chi connectivity index (χ4n) is 2.39. The Kier molecular flexibility index (Phi) is 6.81. The van der Waals surface area contributed by atoms with E-state index in [0.717, 1.165) is 5.92 Å². The normalized spacial score (nSPS) is 22.6. The third-order valence-corrected chi connectivity index (χ3v) is 2.71. The number of hydrogen-bond acceptors (Lipinski definition) is 2. The van der Waals surface area contributed by atoms with Crippen LogP contribution in [0.25, 0.3) is 0 Å². The van der Waals surface area contributed by atoms with E-state index in [1.54, 1.807) is 0 Å². The lowest BCUT2D eigenvalue weighted by molar-refractivity contribution is 0.185. The standard InChI is InChI=1S/C12H26N2.ClH/c1-12(2,3)10-14(4)9-11-6-5-7-13-8-11;/h11,13H,5-10H2,1-4H3;1H. The fraction of sp³-hybridized carbons (Fsp3) is 1.00. The summed E-state index contributed by atoms with van der Waals surface area (Å²) in [6.45, 7) is 11.8. The van der Waals surface area contributed by atoms with E-state index in [-0.39, 0.29) is 12.4 Å². The minimum absolute atomic E-state index is 0. The molecule has 0 aromatic carbocycles. The Labute approximate surface area is 101 Å². The van der Waals surface area contributed by atoms with Crippen LogP contribution in [0.3, 0.4) is 0 Å². The summed E-state index contributed by atoms with van der Waals surface area (Å²) in [4.78, 5) is 2.48. The van der Waals surface area contributed by atoms with Gasteiger partial charge in [0.1, 0.15) is 0 Å². The predicted octanol–water partition coefficient (Wildman–Crippen LogP) is 2.39. The molecule has 1 aliphatic heterocycles. The molecule has 0 saturated carbocycles. The summed E-state index contributed by atoms with van der Waals surface area (Å²) in [5.74, 6) is 0.871. The first-order valence-electron chi connectivity index (χ1n) is 5.87. The van der Waals surface area contributed by atoms with Gasteiger partial charge in [-0.1, -0.05) is 20.8 Å². The van der Waals surface area contributed by atoms with E-state index >= 15 is 0 Å². The number of nitrogens with zero attached hydrogens (tertiary/aromatic N) is 1. The van der Waals surface area contributed by atoms with Gasteiger partial charge in [-0.3, -0.25) is 0 Å².